The summed E-state index contributed by atoms with van der Waals surface area (Å²) in [5, 5.41) is 10.8. The van der Waals surface area contributed by atoms with E-state index in [9.17, 15) is 5.11 Å². The Morgan fingerprint density at radius 3 is 1.96 bits per heavy atom. The third-order valence-corrected chi connectivity index (χ3v) is 11.4. The maximum Gasteiger partial charge on any atom is 0.192 e. The van der Waals surface area contributed by atoms with Crippen LogP contribution in [0.4, 0.5) is 0 Å². The first kappa shape index (κ1) is 26.1. The zero-order valence-electron chi connectivity index (χ0n) is 20.1. The molecular formula is C24H50O3Si. The summed E-state index contributed by atoms with van der Waals surface area (Å²) in [4.78, 5) is 0. The summed E-state index contributed by atoms with van der Waals surface area (Å²) >= 11 is 0. The van der Waals surface area contributed by atoms with Crippen LogP contribution in [0.3, 0.4) is 0 Å². The molecule has 1 heterocycles. The zero-order chi connectivity index (χ0) is 21.2. The van der Waals surface area contributed by atoms with Gasteiger partial charge < -0.3 is 14.3 Å². The van der Waals surface area contributed by atoms with E-state index in [1.54, 1.807) is 0 Å². The van der Waals surface area contributed by atoms with E-state index in [2.05, 4.69) is 47.7 Å². The van der Waals surface area contributed by atoms with Gasteiger partial charge in [0.1, 0.15) is 0 Å². The molecule has 4 atom stereocenters. The van der Waals surface area contributed by atoms with Crippen molar-refractivity contribution in [3.8, 4) is 0 Å². The minimum Gasteiger partial charge on any atom is -0.411 e. The Morgan fingerprint density at radius 2 is 1.43 bits per heavy atom. The van der Waals surface area contributed by atoms with Crippen molar-refractivity contribution in [1.29, 1.82) is 0 Å². The predicted octanol–water partition coefficient (Wildman–Crippen LogP) is 7.23. The summed E-state index contributed by atoms with van der Waals surface area (Å²) in [5.74, 6) is 0. The molecule has 168 valence electrons. The van der Waals surface area contributed by atoms with Gasteiger partial charge in [-0.25, -0.2) is 0 Å². The number of unbranched alkanes of at least 4 members (excludes halogenated alkanes) is 6. The molecule has 1 aliphatic rings. The molecule has 1 N–H and O–H groups in total. The molecule has 0 radical (unpaired) electrons. The standard InChI is InChI=1S/C24H50O3Si/c1-8-10-12-14-16-20(25)21-18-19-22(26-21)23(17-15-13-11-9-2)27-28(6,7)24(3,4)5/h20-23,25H,8-19H2,1-7H3/t20-,21-,22-,23-/m1/s1. The number of hydrogen-bond donors (Lipinski definition) is 1. The molecule has 0 bridgehead atoms. The monoisotopic (exact) mass is 414 g/mol. The Balaban J connectivity index is 2.63. The van der Waals surface area contributed by atoms with Gasteiger partial charge in [-0.3, -0.25) is 0 Å². The average molecular weight is 415 g/mol. The molecule has 1 fully saturated rings. The summed E-state index contributed by atoms with van der Waals surface area (Å²) in [6.45, 7) is 16.1. The highest BCUT2D eigenvalue weighted by molar-refractivity contribution is 6.74. The summed E-state index contributed by atoms with van der Waals surface area (Å²) < 4.78 is 13.2. The van der Waals surface area contributed by atoms with E-state index in [0.29, 0.717) is 0 Å². The second-order valence-electron chi connectivity index (χ2n) is 10.5. The Morgan fingerprint density at radius 1 is 0.893 bits per heavy atom. The van der Waals surface area contributed by atoms with Gasteiger partial charge in [0.25, 0.3) is 0 Å². The van der Waals surface area contributed by atoms with Crippen LogP contribution in [-0.2, 0) is 9.16 Å². The van der Waals surface area contributed by atoms with E-state index >= 15 is 0 Å². The topological polar surface area (TPSA) is 38.7 Å². The van der Waals surface area contributed by atoms with Crippen LogP contribution in [0.2, 0.25) is 18.1 Å². The smallest absolute Gasteiger partial charge is 0.192 e. The summed E-state index contributed by atoms with van der Waals surface area (Å²) in [6.07, 6.45) is 13.9. The van der Waals surface area contributed by atoms with Crippen LogP contribution >= 0.6 is 0 Å². The Labute approximate surface area is 177 Å². The molecular weight excluding hydrogens is 364 g/mol. The van der Waals surface area contributed by atoms with Crippen molar-refractivity contribution in [2.45, 2.75) is 154 Å². The highest BCUT2D eigenvalue weighted by Crippen LogP contribution is 2.40. The van der Waals surface area contributed by atoms with E-state index in [4.69, 9.17) is 9.16 Å². The van der Waals surface area contributed by atoms with Gasteiger partial charge in [0, 0.05) is 0 Å². The van der Waals surface area contributed by atoms with Crippen LogP contribution in [0.5, 0.6) is 0 Å². The van der Waals surface area contributed by atoms with Crippen molar-refractivity contribution in [2.75, 3.05) is 0 Å². The third kappa shape index (κ3) is 8.85. The third-order valence-electron chi connectivity index (χ3n) is 6.88. The lowest BCUT2D eigenvalue weighted by atomic mass is 10.0. The molecule has 0 spiro atoms. The van der Waals surface area contributed by atoms with E-state index in [-0.39, 0.29) is 29.5 Å². The van der Waals surface area contributed by atoms with Gasteiger partial charge in [-0.2, -0.15) is 0 Å². The fourth-order valence-electron chi connectivity index (χ4n) is 3.86. The fourth-order valence-corrected chi connectivity index (χ4v) is 5.24. The lowest BCUT2D eigenvalue weighted by Crippen LogP contribution is -2.47. The van der Waals surface area contributed by atoms with E-state index in [1.165, 1.54) is 44.9 Å². The molecule has 0 amide bonds. The largest absolute Gasteiger partial charge is 0.411 e. The maximum absolute atomic E-state index is 10.6. The summed E-state index contributed by atoms with van der Waals surface area (Å²) in [6, 6.07) is 0. The van der Waals surface area contributed by atoms with Crippen LogP contribution in [0.15, 0.2) is 0 Å². The molecule has 1 saturated heterocycles. The van der Waals surface area contributed by atoms with Crippen LogP contribution < -0.4 is 0 Å². The van der Waals surface area contributed by atoms with Crippen molar-refractivity contribution >= 4 is 8.32 Å². The highest BCUT2D eigenvalue weighted by atomic mass is 28.4. The SMILES string of the molecule is CCCCCC[C@@H](O)[C@H]1CC[C@H]([C@@H](CCCCCC)O[Si](C)(C)C(C)(C)C)O1. The van der Waals surface area contributed by atoms with Crippen molar-refractivity contribution in [3.63, 3.8) is 0 Å². The molecule has 0 aliphatic carbocycles. The minimum absolute atomic E-state index is 0.00721. The number of aliphatic hydroxyl groups excluding tert-OH is 1. The van der Waals surface area contributed by atoms with Gasteiger partial charge in [0.05, 0.1) is 24.4 Å². The summed E-state index contributed by atoms with van der Waals surface area (Å²) in [5.41, 5.74) is 0. The number of ether oxygens (including phenoxy) is 1. The molecule has 28 heavy (non-hydrogen) atoms. The zero-order valence-corrected chi connectivity index (χ0v) is 21.1. The average Bonchev–Trinajstić information content (AvgIpc) is 3.10. The maximum atomic E-state index is 10.6. The minimum atomic E-state index is -1.83. The molecule has 4 heteroatoms. The predicted molar refractivity (Wildman–Crippen MR) is 123 cm³/mol. The van der Waals surface area contributed by atoms with Crippen molar-refractivity contribution < 1.29 is 14.3 Å². The Kier molecular flexibility index (Phi) is 11.9. The van der Waals surface area contributed by atoms with Crippen LogP contribution in [0.25, 0.3) is 0 Å². The van der Waals surface area contributed by atoms with Gasteiger partial charge in [-0.05, 0) is 43.8 Å². The van der Waals surface area contributed by atoms with Gasteiger partial charge in [0.2, 0.25) is 0 Å². The van der Waals surface area contributed by atoms with E-state index < -0.39 is 8.32 Å². The molecule has 0 aromatic heterocycles. The molecule has 0 aromatic rings. The van der Waals surface area contributed by atoms with Crippen LogP contribution in [0, 0.1) is 0 Å². The second-order valence-corrected chi connectivity index (χ2v) is 15.2. The van der Waals surface area contributed by atoms with Crippen molar-refractivity contribution in [1.82, 2.24) is 0 Å². The van der Waals surface area contributed by atoms with Gasteiger partial charge in [0.15, 0.2) is 8.32 Å². The molecule has 3 nitrogen and oxygen atoms in total. The second kappa shape index (κ2) is 12.7. The first-order chi connectivity index (χ1) is 13.1. The fraction of sp³-hybridized carbons (Fsp3) is 1.00. The van der Waals surface area contributed by atoms with E-state index in [1.807, 2.05) is 0 Å². The van der Waals surface area contributed by atoms with Gasteiger partial charge in [-0.1, -0.05) is 86.0 Å². The Hall–Kier alpha value is 0.0969. The van der Waals surface area contributed by atoms with Crippen molar-refractivity contribution in [3.05, 3.63) is 0 Å². The first-order valence-electron chi connectivity index (χ1n) is 12.1. The normalized spacial score (nSPS) is 23.1. The molecule has 0 saturated carbocycles. The quantitative estimate of drug-likeness (QED) is 0.241. The molecule has 0 unspecified atom stereocenters. The number of hydrogen-bond acceptors (Lipinski definition) is 3. The number of aliphatic hydroxyl groups is 1. The van der Waals surface area contributed by atoms with E-state index in [0.717, 1.165) is 32.1 Å². The van der Waals surface area contributed by atoms with Crippen molar-refractivity contribution in [2.24, 2.45) is 0 Å². The molecule has 1 rings (SSSR count). The lowest BCUT2D eigenvalue weighted by Gasteiger charge is -2.41. The van der Waals surface area contributed by atoms with Gasteiger partial charge in [-0.15, -0.1) is 0 Å². The molecule has 1 aliphatic heterocycles. The Bertz CT molecular complexity index is 405. The number of rotatable bonds is 14. The lowest BCUT2D eigenvalue weighted by molar-refractivity contribution is -0.0751. The van der Waals surface area contributed by atoms with Gasteiger partial charge >= 0.3 is 0 Å². The van der Waals surface area contributed by atoms with Crippen LogP contribution in [0.1, 0.15) is 112 Å². The van der Waals surface area contributed by atoms with Crippen LogP contribution in [-0.4, -0.2) is 37.8 Å². The first-order valence-corrected chi connectivity index (χ1v) is 15.0. The summed E-state index contributed by atoms with van der Waals surface area (Å²) in [7, 11) is -1.83. The highest BCUT2D eigenvalue weighted by Gasteiger charge is 2.43. The molecule has 0 aromatic carbocycles.